The maximum Gasteiger partial charge on any atom is 0.0406 e. The van der Waals surface area contributed by atoms with E-state index >= 15 is 0 Å². The van der Waals surface area contributed by atoms with E-state index in [-0.39, 0.29) is 0 Å². The summed E-state index contributed by atoms with van der Waals surface area (Å²) in [6.45, 7) is 0.864. The van der Waals surface area contributed by atoms with Gasteiger partial charge in [-0.1, -0.05) is 45.4 Å². The first kappa shape index (κ1) is 13.9. The first-order valence-corrected chi connectivity index (χ1v) is 7.54. The third kappa shape index (κ3) is 3.75. The fraction of sp³-hybridized carbons (Fsp3) is 0.143. The molecule has 4 heteroatoms. The summed E-state index contributed by atoms with van der Waals surface area (Å²) >= 11 is 11.2. The summed E-state index contributed by atoms with van der Waals surface area (Å²) in [7, 11) is 1.96. The quantitative estimate of drug-likeness (QED) is 0.841. The second-order valence-electron chi connectivity index (χ2n) is 3.84. The third-order valence-corrected chi connectivity index (χ3v) is 4.29. The monoisotopic (exact) mass is 341 g/mol. The lowest BCUT2D eigenvalue weighted by molar-refractivity contribution is 0.803. The molecule has 0 aromatic heterocycles. The molecule has 0 atom stereocenters. The molecule has 0 aliphatic carbocycles. The summed E-state index contributed by atoms with van der Waals surface area (Å²) < 4.78 is 1.10. The van der Waals surface area contributed by atoms with Gasteiger partial charge in [-0.15, -0.1) is 0 Å². The van der Waals surface area contributed by atoms with Gasteiger partial charge in [-0.2, -0.15) is 0 Å². The number of halogens is 2. The number of rotatable bonds is 4. The molecule has 0 radical (unpaired) electrons. The highest BCUT2D eigenvalue weighted by Crippen LogP contribution is 2.33. The predicted octanol–water partition coefficient (Wildman–Crippen LogP) is 4.97. The fourth-order valence-corrected chi connectivity index (χ4v) is 3.21. The number of hydrogen-bond acceptors (Lipinski definition) is 2. The van der Waals surface area contributed by atoms with E-state index in [1.807, 2.05) is 31.3 Å². The van der Waals surface area contributed by atoms with Gasteiger partial charge in [-0.25, -0.2) is 0 Å². The van der Waals surface area contributed by atoms with Crippen LogP contribution in [0.1, 0.15) is 5.56 Å². The second kappa shape index (κ2) is 6.62. The van der Waals surface area contributed by atoms with Crippen LogP contribution < -0.4 is 5.32 Å². The Morgan fingerprint density at radius 1 is 1.17 bits per heavy atom. The zero-order chi connectivity index (χ0) is 13.0. The summed E-state index contributed by atoms with van der Waals surface area (Å²) in [6.07, 6.45) is 0. The molecule has 0 bridgehead atoms. The normalized spacial score (nSPS) is 10.6. The van der Waals surface area contributed by atoms with E-state index in [9.17, 15) is 0 Å². The van der Waals surface area contributed by atoms with Crippen molar-refractivity contribution in [1.82, 2.24) is 5.32 Å². The van der Waals surface area contributed by atoms with Gasteiger partial charge in [-0.05, 0) is 49.0 Å². The topological polar surface area (TPSA) is 12.0 Å². The minimum atomic E-state index is 0.768. The standard InChI is InChI=1S/C14H13BrClNS/c1-17-9-10-2-3-11(15)8-14(10)18-13-6-4-12(16)5-7-13/h2-8,17H,9H2,1H3. The van der Waals surface area contributed by atoms with Crippen molar-refractivity contribution in [3.05, 3.63) is 57.5 Å². The maximum atomic E-state index is 5.89. The van der Waals surface area contributed by atoms with Crippen LogP contribution >= 0.6 is 39.3 Å². The number of benzene rings is 2. The van der Waals surface area contributed by atoms with Gasteiger partial charge >= 0.3 is 0 Å². The summed E-state index contributed by atoms with van der Waals surface area (Å²) in [4.78, 5) is 2.44. The Bertz CT molecular complexity index is 528. The first-order valence-electron chi connectivity index (χ1n) is 5.55. The van der Waals surface area contributed by atoms with E-state index in [0.717, 1.165) is 16.0 Å². The van der Waals surface area contributed by atoms with Crippen molar-refractivity contribution < 1.29 is 0 Å². The minimum absolute atomic E-state index is 0.768. The second-order valence-corrected chi connectivity index (χ2v) is 6.31. The largest absolute Gasteiger partial charge is 0.316 e. The Kier molecular flexibility index (Phi) is 5.13. The summed E-state index contributed by atoms with van der Waals surface area (Å²) in [5.41, 5.74) is 1.29. The van der Waals surface area contributed by atoms with Crippen LogP contribution in [0.25, 0.3) is 0 Å². The van der Waals surface area contributed by atoms with Gasteiger partial charge in [-0.3, -0.25) is 0 Å². The summed E-state index contributed by atoms with van der Waals surface area (Å²) in [6, 6.07) is 14.3. The van der Waals surface area contributed by atoms with Crippen LogP contribution in [-0.2, 0) is 6.54 Å². The molecule has 2 aromatic rings. The van der Waals surface area contributed by atoms with Crippen molar-refractivity contribution in [3.63, 3.8) is 0 Å². The molecule has 0 spiro atoms. The van der Waals surface area contributed by atoms with Crippen LogP contribution in [0, 0.1) is 0 Å². The average molecular weight is 343 g/mol. The van der Waals surface area contributed by atoms with E-state index in [0.29, 0.717) is 0 Å². The molecule has 0 saturated carbocycles. The average Bonchev–Trinajstić information content (AvgIpc) is 2.36. The zero-order valence-electron chi connectivity index (χ0n) is 9.91. The van der Waals surface area contributed by atoms with E-state index < -0.39 is 0 Å². The van der Waals surface area contributed by atoms with Gasteiger partial charge in [0.15, 0.2) is 0 Å². The molecule has 0 heterocycles. The van der Waals surface area contributed by atoms with Crippen LogP contribution in [0.15, 0.2) is 56.7 Å². The Morgan fingerprint density at radius 2 is 1.89 bits per heavy atom. The zero-order valence-corrected chi connectivity index (χ0v) is 13.1. The number of nitrogens with one attached hydrogen (secondary N) is 1. The lowest BCUT2D eigenvalue weighted by atomic mass is 10.2. The van der Waals surface area contributed by atoms with Crippen molar-refractivity contribution in [2.45, 2.75) is 16.3 Å². The van der Waals surface area contributed by atoms with E-state index in [4.69, 9.17) is 11.6 Å². The molecule has 1 N–H and O–H groups in total. The molecule has 0 saturated heterocycles. The Morgan fingerprint density at radius 3 is 2.56 bits per heavy atom. The third-order valence-electron chi connectivity index (χ3n) is 2.44. The van der Waals surface area contributed by atoms with E-state index in [2.05, 4.69) is 39.4 Å². The Hall–Kier alpha value is -0.480. The molecular formula is C14H13BrClNS. The van der Waals surface area contributed by atoms with Gasteiger partial charge in [0.25, 0.3) is 0 Å². The van der Waals surface area contributed by atoms with Crippen LogP contribution in [-0.4, -0.2) is 7.05 Å². The molecule has 0 unspecified atom stereocenters. The lowest BCUT2D eigenvalue weighted by Crippen LogP contribution is -2.05. The van der Waals surface area contributed by atoms with Crippen molar-refractivity contribution in [2.75, 3.05) is 7.05 Å². The van der Waals surface area contributed by atoms with Gasteiger partial charge in [0.2, 0.25) is 0 Å². The molecule has 94 valence electrons. The fourth-order valence-electron chi connectivity index (χ4n) is 1.59. The molecule has 1 nitrogen and oxygen atoms in total. The molecule has 0 amide bonds. The van der Waals surface area contributed by atoms with Crippen molar-refractivity contribution in [1.29, 1.82) is 0 Å². The Labute approximate surface area is 125 Å². The van der Waals surface area contributed by atoms with Crippen molar-refractivity contribution in [2.24, 2.45) is 0 Å². The molecular weight excluding hydrogens is 330 g/mol. The Balaban J connectivity index is 2.26. The molecule has 0 aliphatic rings. The van der Waals surface area contributed by atoms with Gasteiger partial charge in [0.05, 0.1) is 0 Å². The number of hydrogen-bond donors (Lipinski definition) is 1. The van der Waals surface area contributed by atoms with Crippen LogP contribution in [0.5, 0.6) is 0 Å². The van der Waals surface area contributed by atoms with E-state index in [1.54, 1.807) is 11.8 Å². The SMILES string of the molecule is CNCc1ccc(Br)cc1Sc1ccc(Cl)cc1. The van der Waals surface area contributed by atoms with Gasteiger partial charge in [0, 0.05) is 25.8 Å². The highest BCUT2D eigenvalue weighted by Gasteiger charge is 2.05. The minimum Gasteiger partial charge on any atom is -0.316 e. The predicted molar refractivity (Wildman–Crippen MR) is 82.5 cm³/mol. The summed E-state index contributed by atoms with van der Waals surface area (Å²) in [5, 5.41) is 3.96. The van der Waals surface area contributed by atoms with Crippen LogP contribution in [0.3, 0.4) is 0 Å². The molecule has 0 aliphatic heterocycles. The smallest absolute Gasteiger partial charge is 0.0406 e. The maximum absolute atomic E-state index is 5.89. The lowest BCUT2D eigenvalue weighted by Gasteiger charge is -2.09. The van der Waals surface area contributed by atoms with Crippen LogP contribution in [0.4, 0.5) is 0 Å². The highest BCUT2D eigenvalue weighted by molar-refractivity contribution is 9.10. The highest BCUT2D eigenvalue weighted by atomic mass is 79.9. The molecule has 18 heavy (non-hydrogen) atoms. The molecule has 0 fully saturated rings. The summed E-state index contributed by atoms with van der Waals surface area (Å²) in [5.74, 6) is 0. The van der Waals surface area contributed by atoms with Crippen LogP contribution in [0.2, 0.25) is 5.02 Å². The first-order chi connectivity index (χ1) is 8.69. The molecule has 2 rings (SSSR count). The van der Waals surface area contributed by atoms with E-state index in [1.165, 1.54) is 15.4 Å². The van der Waals surface area contributed by atoms with Crippen molar-refractivity contribution >= 4 is 39.3 Å². The molecule has 2 aromatic carbocycles. The van der Waals surface area contributed by atoms with Gasteiger partial charge in [0.1, 0.15) is 0 Å². The van der Waals surface area contributed by atoms with Gasteiger partial charge < -0.3 is 5.32 Å². The van der Waals surface area contributed by atoms with Crippen molar-refractivity contribution in [3.8, 4) is 0 Å².